The van der Waals surface area contributed by atoms with Crippen LogP contribution in [0.1, 0.15) is 32.1 Å². The number of carbonyl (C=O) groups is 1. The van der Waals surface area contributed by atoms with Crippen molar-refractivity contribution in [2.75, 3.05) is 5.33 Å². The summed E-state index contributed by atoms with van der Waals surface area (Å²) >= 11 is 14.4. The van der Waals surface area contributed by atoms with Crippen LogP contribution in [0.2, 0.25) is 0 Å². The lowest BCUT2D eigenvalue weighted by Gasteiger charge is -2.12. The first-order chi connectivity index (χ1) is 6.00. The molecule has 0 bridgehead atoms. The van der Waals surface area contributed by atoms with Crippen molar-refractivity contribution in [3.63, 3.8) is 0 Å². The van der Waals surface area contributed by atoms with Gasteiger partial charge in [-0.15, -0.1) is 0 Å². The maximum Gasteiger partial charge on any atom is 0.340 e. The molecule has 0 spiro atoms. The molecular formula is C8H13BrCl2O2. The molecule has 0 amide bonds. The van der Waals surface area contributed by atoms with Gasteiger partial charge in [-0.2, -0.15) is 0 Å². The van der Waals surface area contributed by atoms with Crippen LogP contribution in [0, 0.1) is 0 Å². The van der Waals surface area contributed by atoms with Crippen molar-refractivity contribution >= 4 is 45.1 Å². The molecule has 13 heavy (non-hydrogen) atoms. The molecule has 0 heterocycles. The first-order valence-electron chi connectivity index (χ1n) is 4.18. The van der Waals surface area contributed by atoms with Crippen LogP contribution in [-0.4, -0.2) is 20.7 Å². The van der Waals surface area contributed by atoms with Crippen LogP contribution in [0.5, 0.6) is 0 Å². The van der Waals surface area contributed by atoms with Crippen molar-refractivity contribution in [2.45, 2.75) is 36.4 Å². The molecule has 0 radical (unpaired) electrons. The molecule has 0 saturated heterocycles. The number of unbranched alkanes of at least 4 members (excludes halogenated alkanes) is 3. The highest BCUT2D eigenvalue weighted by atomic mass is 79.9. The van der Waals surface area contributed by atoms with E-state index in [1.165, 1.54) is 0 Å². The van der Waals surface area contributed by atoms with E-state index in [1.54, 1.807) is 0 Å². The molecule has 2 nitrogen and oxygen atoms in total. The van der Waals surface area contributed by atoms with Gasteiger partial charge in [-0.3, -0.25) is 0 Å². The predicted molar refractivity (Wildman–Crippen MR) is 59.0 cm³/mol. The van der Waals surface area contributed by atoms with Crippen LogP contribution < -0.4 is 0 Å². The number of carboxylic acids is 1. The number of aliphatic carboxylic acids is 1. The third-order valence-electron chi connectivity index (χ3n) is 1.69. The fourth-order valence-corrected chi connectivity index (χ4v) is 1.57. The van der Waals surface area contributed by atoms with Gasteiger partial charge >= 0.3 is 5.97 Å². The summed E-state index contributed by atoms with van der Waals surface area (Å²) in [7, 11) is 0. The lowest BCUT2D eigenvalue weighted by atomic mass is 10.1. The Balaban J connectivity index is 3.46. The summed E-state index contributed by atoms with van der Waals surface area (Å²) in [6.45, 7) is 0. The van der Waals surface area contributed by atoms with Gasteiger partial charge in [0, 0.05) is 5.33 Å². The highest BCUT2D eigenvalue weighted by molar-refractivity contribution is 9.09. The quantitative estimate of drug-likeness (QED) is 0.575. The average Bonchev–Trinajstić information content (AvgIpc) is 2.03. The van der Waals surface area contributed by atoms with E-state index in [0.29, 0.717) is 6.42 Å². The molecule has 0 rings (SSSR count). The van der Waals surface area contributed by atoms with Crippen molar-refractivity contribution in [1.29, 1.82) is 0 Å². The Kier molecular flexibility index (Phi) is 7.19. The largest absolute Gasteiger partial charge is 0.479 e. The minimum absolute atomic E-state index is 0.313. The van der Waals surface area contributed by atoms with Gasteiger partial charge in [0.2, 0.25) is 4.33 Å². The topological polar surface area (TPSA) is 37.3 Å². The molecule has 0 aliphatic carbocycles. The molecule has 0 aliphatic heterocycles. The Labute approximate surface area is 96.7 Å². The number of hydrogen-bond donors (Lipinski definition) is 1. The number of hydrogen-bond acceptors (Lipinski definition) is 1. The third-order valence-corrected chi connectivity index (χ3v) is 2.95. The number of alkyl halides is 3. The monoisotopic (exact) mass is 290 g/mol. The minimum atomic E-state index is -1.60. The van der Waals surface area contributed by atoms with E-state index < -0.39 is 10.3 Å². The van der Waals surface area contributed by atoms with Crippen molar-refractivity contribution < 1.29 is 9.90 Å². The number of halogens is 3. The van der Waals surface area contributed by atoms with Gasteiger partial charge in [0.25, 0.3) is 0 Å². The summed E-state index contributed by atoms with van der Waals surface area (Å²) in [4.78, 5) is 10.5. The lowest BCUT2D eigenvalue weighted by molar-refractivity contribution is -0.138. The van der Waals surface area contributed by atoms with E-state index in [1.807, 2.05) is 0 Å². The predicted octanol–water partition coefficient (Wildman–Crippen LogP) is 3.59. The minimum Gasteiger partial charge on any atom is -0.479 e. The Morgan fingerprint density at radius 1 is 1.23 bits per heavy atom. The van der Waals surface area contributed by atoms with E-state index in [4.69, 9.17) is 28.3 Å². The maximum atomic E-state index is 10.5. The second kappa shape index (κ2) is 6.91. The zero-order chi connectivity index (χ0) is 10.3. The molecule has 0 unspecified atom stereocenters. The molecule has 0 aromatic carbocycles. The molecule has 5 heteroatoms. The number of rotatable bonds is 7. The third kappa shape index (κ3) is 6.58. The molecule has 0 aliphatic rings. The van der Waals surface area contributed by atoms with Crippen molar-refractivity contribution in [1.82, 2.24) is 0 Å². The Morgan fingerprint density at radius 2 is 1.77 bits per heavy atom. The smallest absolute Gasteiger partial charge is 0.340 e. The summed E-state index contributed by atoms with van der Waals surface area (Å²) in [5.41, 5.74) is 0. The Hall–Kier alpha value is 0.530. The van der Waals surface area contributed by atoms with Crippen LogP contribution in [0.15, 0.2) is 0 Å². The van der Waals surface area contributed by atoms with E-state index in [-0.39, 0.29) is 0 Å². The lowest BCUT2D eigenvalue weighted by Crippen LogP contribution is -2.25. The standard InChI is InChI=1S/C8H13BrCl2O2/c9-6-4-2-1-3-5-8(10,11)7(12)13/h1-6H2,(H,12,13). The van der Waals surface area contributed by atoms with E-state index >= 15 is 0 Å². The van der Waals surface area contributed by atoms with Gasteiger partial charge in [-0.1, -0.05) is 52.0 Å². The average molecular weight is 292 g/mol. The van der Waals surface area contributed by atoms with Crippen LogP contribution in [-0.2, 0) is 4.79 Å². The number of carboxylic acid groups (broad SMARTS) is 1. The van der Waals surface area contributed by atoms with Crippen molar-refractivity contribution in [3.8, 4) is 0 Å². The highest BCUT2D eigenvalue weighted by Crippen LogP contribution is 2.28. The molecule has 0 saturated carbocycles. The molecule has 0 aromatic heterocycles. The zero-order valence-corrected chi connectivity index (χ0v) is 10.3. The van der Waals surface area contributed by atoms with Gasteiger partial charge in [-0.05, 0) is 19.3 Å². The molecule has 0 atom stereocenters. The van der Waals surface area contributed by atoms with Crippen LogP contribution >= 0.6 is 39.1 Å². The summed E-state index contributed by atoms with van der Waals surface area (Å²) < 4.78 is -1.60. The highest BCUT2D eigenvalue weighted by Gasteiger charge is 2.32. The van der Waals surface area contributed by atoms with Gasteiger partial charge in [0.1, 0.15) is 0 Å². The second-order valence-corrected chi connectivity index (χ2v) is 5.14. The normalized spacial score (nSPS) is 11.6. The van der Waals surface area contributed by atoms with E-state index in [2.05, 4.69) is 15.9 Å². The molecule has 1 N–H and O–H groups in total. The zero-order valence-electron chi connectivity index (χ0n) is 7.23. The second-order valence-electron chi connectivity index (χ2n) is 2.86. The summed E-state index contributed by atoms with van der Waals surface area (Å²) in [6, 6.07) is 0. The Bertz CT molecular complexity index is 162. The fourth-order valence-electron chi connectivity index (χ4n) is 0.902. The van der Waals surface area contributed by atoms with E-state index in [9.17, 15) is 4.79 Å². The summed E-state index contributed by atoms with van der Waals surface area (Å²) in [6.07, 6.45) is 4.22. The first-order valence-corrected chi connectivity index (χ1v) is 6.05. The summed E-state index contributed by atoms with van der Waals surface area (Å²) in [5, 5.41) is 9.56. The van der Waals surface area contributed by atoms with Crippen molar-refractivity contribution in [2.24, 2.45) is 0 Å². The van der Waals surface area contributed by atoms with Crippen LogP contribution in [0.4, 0.5) is 0 Å². The molecule has 78 valence electrons. The van der Waals surface area contributed by atoms with Gasteiger partial charge < -0.3 is 5.11 Å². The SMILES string of the molecule is O=C(O)C(Cl)(Cl)CCCCCCBr. The van der Waals surface area contributed by atoms with Crippen LogP contribution in [0.3, 0.4) is 0 Å². The van der Waals surface area contributed by atoms with Gasteiger partial charge in [0.15, 0.2) is 0 Å². The molecule has 0 fully saturated rings. The maximum absolute atomic E-state index is 10.5. The first kappa shape index (κ1) is 13.5. The van der Waals surface area contributed by atoms with Crippen LogP contribution in [0.25, 0.3) is 0 Å². The molecule has 0 aromatic rings. The van der Waals surface area contributed by atoms with E-state index in [0.717, 1.165) is 31.0 Å². The molecular weight excluding hydrogens is 279 g/mol. The summed E-state index contributed by atoms with van der Waals surface area (Å²) in [5.74, 6) is -1.16. The van der Waals surface area contributed by atoms with Gasteiger partial charge in [0.05, 0.1) is 0 Å². The Morgan fingerprint density at radius 3 is 2.23 bits per heavy atom. The fraction of sp³-hybridized carbons (Fsp3) is 0.875. The van der Waals surface area contributed by atoms with Gasteiger partial charge in [-0.25, -0.2) is 4.79 Å². The van der Waals surface area contributed by atoms with Crippen molar-refractivity contribution in [3.05, 3.63) is 0 Å².